The van der Waals surface area contributed by atoms with Gasteiger partial charge in [0.2, 0.25) is 11.0 Å². The minimum absolute atomic E-state index is 0. The molecule has 3 aromatic carbocycles. The molecule has 0 spiro atoms. The highest BCUT2D eigenvalue weighted by Crippen LogP contribution is 2.38. The van der Waals surface area contributed by atoms with Crippen molar-refractivity contribution < 1.29 is 31.0 Å². The lowest BCUT2D eigenvalue weighted by Crippen LogP contribution is -3.00. The number of pyridine rings is 1. The largest absolute Gasteiger partial charge is 1.00 e. The van der Waals surface area contributed by atoms with Crippen molar-refractivity contribution in [2.75, 3.05) is 0 Å². The molecule has 0 saturated heterocycles. The minimum Gasteiger partial charge on any atom is -1.00 e. The summed E-state index contributed by atoms with van der Waals surface area (Å²) in [5.74, 6) is -0.589. The molecule has 8 heteroatoms. The highest BCUT2D eigenvalue weighted by molar-refractivity contribution is 6.33. The number of nitrogens with zero attached hydrogens (tertiary/aromatic N) is 1. The molecule has 0 radical (unpaired) electrons. The maximum absolute atomic E-state index is 14.1. The Hall–Kier alpha value is -3.03. The van der Waals surface area contributed by atoms with Gasteiger partial charge in [0.15, 0.2) is 0 Å². The molecule has 1 aromatic heterocycles. The second-order valence-corrected chi connectivity index (χ2v) is 7.28. The van der Waals surface area contributed by atoms with Crippen molar-refractivity contribution in [3.63, 3.8) is 0 Å². The molecule has 0 amide bonds. The van der Waals surface area contributed by atoms with E-state index in [1.54, 1.807) is 24.3 Å². The molecule has 0 atom stereocenters. The van der Waals surface area contributed by atoms with E-state index in [0.717, 1.165) is 44.1 Å². The Morgan fingerprint density at radius 1 is 0.677 bits per heavy atom. The average Bonchev–Trinajstić information content (AvgIpc) is 2.62. The van der Waals surface area contributed by atoms with Crippen LogP contribution in [-0.2, 0) is 7.05 Å². The SMILES string of the molecule is Cc1cc(C)c(-c2c3cc(F)ccc3[n+](C)c3ccc(F)cc23)c(C)c1.FB(F)F.[F-]. The summed E-state index contributed by atoms with van der Waals surface area (Å²) in [6.45, 7) is 6.17. The molecule has 1 nitrogen and oxygen atoms in total. The monoisotopic (exact) mass is 435 g/mol. The summed E-state index contributed by atoms with van der Waals surface area (Å²) in [6, 6.07) is 13.8. The second-order valence-electron chi connectivity index (χ2n) is 7.28. The van der Waals surface area contributed by atoms with Crippen molar-refractivity contribution in [1.82, 2.24) is 0 Å². The van der Waals surface area contributed by atoms with Gasteiger partial charge in [-0.15, -0.1) is 0 Å². The van der Waals surface area contributed by atoms with Crippen LogP contribution in [0.25, 0.3) is 32.9 Å². The number of benzene rings is 3. The topological polar surface area (TPSA) is 3.88 Å². The Labute approximate surface area is 176 Å². The summed E-state index contributed by atoms with van der Waals surface area (Å²) in [5.41, 5.74) is 7.15. The van der Waals surface area contributed by atoms with Crippen LogP contribution in [0.2, 0.25) is 0 Å². The summed E-state index contributed by atoms with van der Waals surface area (Å²) in [4.78, 5) is 0. The van der Waals surface area contributed by atoms with Crippen LogP contribution in [0.3, 0.4) is 0 Å². The lowest BCUT2D eigenvalue weighted by atomic mass is 9.89. The number of hydrogen-bond acceptors (Lipinski definition) is 0. The van der Waals surface area contributed by atoms with Crippen molar-refractivity contribution in [2.24, 2.45) is 7.05 Å². The summed E-state index contributed by atoms with van der Waals surface area (Å²) in [6.07, 6.45) is 0. The number of halogens is 6. The first kappa shape index (κ1) is 24.2. The third kappa shape index (κ3) is 4.84. The fourth-order valence-electron chi connectivity index (χ4n) is 4.12. The molecule has 0 aliphatic heterocycles. The van der Waals surface area contributed by atoms with Crippen LogP contribution in [-0.4, -0.2) is 7.54 Å². The molecule has 0 unspecified atom stereocenters. The average molecular weight is 435 g/mol. The van der Waals surface area contributed by atoms with Crippen molar-refractivity contribution in [2.45, 2.75) is 20.8 Å². The van der Waals surface area contributed by atoms with Crippen LogP contribution in [0.1, 0.15) is 16.7 Å². The third-order valence-corrected chi connectivity index (χ3v) is 5.11. The van der Waals surface area contributed by atoms with Crippen LogP contribution in [0.4, 0.5) is 21.7 Å². The maximum Gasteiger partial charge on any atom is 0.762 e. The quantitative estimate of drug-likeness (QED) is 0.186. The molecule has 0 aliphatic rings. The van der Waals surface area contributed by atoms with Crippen molar-refractivity contribution >= 4 is 29.3 Å². The van der Waals surface area contributed by atoms with E-state index in [9.17, 15) is 21.7 Å². The Kier molecular flexibility index (Phi) is 7.36. The Bertz CT molecular complexity index is 1170. The summed E-state index contributed by atoms with van der Waals surface area (Å²) < 4.78 is 59.2. The molecule has 0 fully saturated rings. The van der Waals surface area contributed by atoms with Gasteiger partial charge in [0.25, 0.3) is 0 Å². The van der Waals surface area contributed by atoms with Gasteiger partial charge in [-0.25, -0.2) is 8.78 Å². The lowest BCUT2D eigenvalue weighted by Gasteiger charge is -2.16. The predicted molar refractivity (Wildman–Crippen MR) is 111 cm³/mol. The van der Waals surface area contributed by atoms with E-state index in [1.807, 2.05) is 11.6 Å². The van der Waals surface area contributed by atoms with Crippen molar-refractivity contribution in [3.05, 3.63) is 76.9 Å². The smallest absolute Gasteiger partial charge is 0.762 e. The number of aromatic nitrogens is 1. The molecule has 0 bridgehead atoms. The molecular weight excluding hydrogens is 415 g/mol. The van der Waals surface area contributed by atoms with Gasteiger partial charge in [0, 0.05) is 17.7 Å². The van der Waals surface area contributed by atoms with Gasteiger partial charge in [0.1, 0.15) is 18.7 Å². The first-order valence-corrected chi connectivity index (χ1v) is 9.31. The van der Waals surface area contributed by atoms with E-state index in [1.165, 1.54) is 17.7 Å². The molecule has 0 N–H and O–H groups in total. The van der Waals surface area contributed by atoms with E-state index >= 15 is 0 Å². The van der Waals surface area contributed by atoms with Crippen molar-refractivity contribution in [1.29, 1.82) is 0 Å². The number of rotatable bonds is 1. The van der Waals surface area contributed by atoms with Crippen LogP contribution < -0.4 is 9.27 Å². The van der Waals surface area contributed by atoms with Gasteiger partial charge in [-0.3, -0.25) is 12.9 Å². The van der Waals surface area contributed by atoms with E-state index in [0.29, 0.717) is 0 Å². The molecule has 162 valence electrons. The van der Waals surface area contributed by atoms with Gasteiger partial charge in [-0.2, -0.15) is 4.57 Å². The summed E-state index contributed by atoms with van der Waals surface area (Å²) >= 11 is 0. The zero-order valence-electron chi connectivity index (χ0n) is 17.4. The molecule has 31 heavy (non-hydrogen) atoms. The van der Waals surface area contributed by atoms with E-state index < -0.39 is 7.54 Å². The van der Waals surface area contributed by atoms with E-state index in [2.05, 4.69) is 32.9 Å². The highest BCUT2D eigenvalue weighted by atomic mass is 19.4. The summed E-state index contributed by atoms with van der Waals surface area (Å²) in [5, 5.41) is 1.58. The Balaban J connectivity index is 0.000000631. The highest BCUT2D eigenvalue weighted by Gasteiger charge is 2.22. The Morgan fingerprint density at radius 2 is 1.06 bits per heavy atom. The van der Waals surface area contributed by atoms with Gasteiger partial charge >= 0.3 is 7.54 Å². The van der Waals surface area contributed by atoms with Crippen LogP contribution in [0.15, 0.2) is 48.5 Å². The van der Waals surface area contributed by atoms with Gasteiger partial charge in [-0.05, 0) is 61.7 Å². The predicted octanol–water partition coefficient (Wildman–Crippen LogP) is 3.57. The fourth-order valence-corrected chi connectivity index (χ4v) is 4.12. The molecule has 0 saturated carbocycles. The van der Waals surface area contributed by atoms with Crippen LogP contribution in [0, 0.1) is 32.4 Å². The zero-order valence-corrected chi connectivity index (χ0v) is 17.4. The molecule has 1 heterocycles. The second kappa shape index (κ2) is 9.41. The maximum atomic E-state index is 14.1. The fraction of sp³-hybridized carbons (Fsp3) is 0.174. The minimum atomic E-state index is -3.67. The van der Waals surface area contributed by atoms with Crippen molar-refractivity contribution in [3.8, 4) is 11.1 Å². The zero-order chi connectivity index (χ0) is 22.2. The van der Waals surface area contributed by atoms with Gasteiger partial charge in [-0.1, -0.05) is 17.7 Å². The summed E-state index contributed by atoms with van der Waals surface area (Å²) in [7, 11) is -1.74. The molecule has 0 aliphatic carbocycles. The Morgan fingerprint density at radius 3 is 1.45 bits per heavy atom. The molecule has 4 rings (SSSR count). The first-order valence-electron chi connectivity index (χ1n) is 9.31. The normalized spacial score (nSPS) is 10.5. The first-order chi connectivity index (χ1) is 14.1. The number of fused-ring (bicyclic) bond motifs is 2. The van der Waals surface area contributed by atoms with E-state index in [4.69, 9.17) is 0 Å². The third-order valence-electron chi connectivity index (χ3n) is 5.11. The lowest BCUT2D eigenvalue weighted by molar-refractivity contribution is -0.617. The van der Waals surface area contributed by atoms with Crippen LogP contribution >= 0.6 is 0 Å². The van der Waals surface area contributed by atoms with Crippen LogP contribution in [0.5, 0.6) is 0 Å². The number of aryl methyl sites for hydroxylation is 4. The van der Waals surface area contributed by atoms with E-state index in [-0.39, 0.29) is 16.3 Å². The molecular formula is C23H20BF6N. The standard InChI is InChI=1S/C23H20F2N.BF3.FH/c1-13-9-14(2)22(15(3)10-13)23-18-11-16(24)5-7-20(18)26(4)21-8-6-17(25)12-19(21)23;2-1(3)4;/h5-12H,1-4H3;;1H/q+1;;/p-1. The van der Waals surface area contributed by atoms with Gasteiger partial charge in [0.05, 0.1) is 10.8 Å². The van der Waals surface area contributed by atoms with Gasteiger partial charge < -0.3 is 4.70 Å². The molecule has 4 aromatic rings. The number of hydrogen-bond donors (Lipinski definition) is 0.